The number of carbonyl (C=O) groups is 1. The number of hydrogen-bond donors (Lipinski definition) is 3. The van der Waals surface area contributed by atoms with E-state index in [9.17, 15) is 4.79 Å². The molecule has 0 saturated carbocycles. The Balaban J connectivity index is 2.07. The summed E-state index contributed by atoms with van der Waals surface area (Å²) >= 11 is 0. The summed E-state index contributed by atoms with van der Waals surface area (Å²) in [5.74, 6) is 0. The quantitative estimate of drug-likeness (QED) is 0.770. The summed E-state index contributed by atoms with van der Waals surface area (Å²) in [6, 6.07) is 17.1. The summed E-state index contributed by atoms with van der Waals surface area (Å²) < 4.78 is 0. The second-order valence-corrected chi connectivity index (χ2v) is 3.81. The third-order valence-corrected chi connectivity index (χ3v) is 2.49. The number of benzene rings is 2. The zero-order chi connectivity index (χ0) is 12.8. The van der Waals surface area contributed by atoms with Gasteiger partial charge in [0.25, 0.3) is 0 Å². The predicted molar refractivity (Wildman–Crippen MR) is 71.9 cm³/mol. The third kappa shape index (κ3) is 3.25. The standard InChI is InChI=1S/C14H14N2O2/c17-14(18)16-13-9-5-4-8-12(13)15-10-11-6-2-1-3-7-11/h1-9,15-16H,10H2,(H,17,18). The second kappa shape index (κ2) is 5.72. The summed E-state index contributed by atoms with van der Waals surface area (Å²) in [5, 5.41) is 14.3. The zero-order valence-corrected chi connectivity index (χ0v) is 9.76. The van der Waals surface area contributed by atoms with Crippen LogP contribution in [0, 0.1) is 0 Å². The van der Waals surface area contributed by atoms with Crippen molar-refractivity contribution in [3.63, 3.8) is 0 Å². The van der Waals surface area contributed by atoms with E-state index in [4.69, 9.17) is 5.11 Å². The molecule has 0 saturated heterocycles. The first-order chi connectivity index (χ1) is 8.75. The first-order valence-corrected chi connectivity index (χ1v) is 5.62. The first kappa shape index (κ1) is 12.0. The normalized spacial score (nSPS) is 9.78. The van der Waals surface area contributed by atoms with Gasteiger partial charge in [0.05, 0.1) is 11.4 Å². The molecule has 0 bridgehead atoms. The average molecular weight is 242 g/mol. The highest BCUT2D eigenvalue weighted by Crippen LogP contribution is 2.21. The van der Waals surface area contributed by atoms with Crippen molar-refractivity contribution < 1.29 is 9.90 Å². The fraction of sp³-hybridized carbons (Fsp3) is 0.0714. The van der Waals surface area contributed by atoms with Gasteiger partial charge in [0, 0.05) is 6.54 Å². The molecule has 0 spiro atoms. The number of hydrogen-bond acceptors (Lipinski definition) is 2. The Kier molecular flexibility index (Phi) is 3.81. The maximum Gasteiger partial charge on any atom is 0.409 e. The van der Waals surface area contributed by atoms with Crippen LogP contribution in [0.5, 0.6) is 0 Å². The highest BCUT2D eigenvalue weighted by molar-refractivity contribution is 5.88. The lowest BCUT2D eigenvalue weighted by atomic mass is 10.2. The van der Waals surface area contributed by atoms with Crippen LogP contribution in [0.15, 0.2) is 54.6 Å². The summed E-state index contributed by atoms with van der Waals surface area (Å²) in [6.45, 7) is 0.652. The number of para-hydroxylation sites is 2. The Bertz CT molecular complexity index is 526. The van der Waals surface area contributed by atoms with Crippen molar-refractivity contribution in [1.82, 2.24) is 0 Å². The first-order valence-electron chi connectivity index (χ1n) is 5.62. The van der Waals surface area contributed by atoms with Gasteiger partial charge in [-0.1, -0.05) is 42.5 Å². The van der Waals surface area contributed by atoms with E-state index >= 15 is 0 Å². The van der Waals surface area contributed by atoms with Crippen molar-refractivity contribution in [2.24, 2.45) is 0 Å². The van der Waals surface area contributed by atoms with Crippen molar-refractivity contribution in [3.8, 4) is 0 Å². The number of anilines is 2. The molecule has 0 heterocycles. The molecule has 1 amide bonds. The Labute approximate surface area is 105 Å². The lowest BCUT2D eigenvalue weighted by molar-refractivity contribution is 0.210. The zero-order valence-electron chi connectivity index (χ0n) is 9.76. The summed E-state index contributed by atoms with van der Waals surface area (Å²) in [7, 11) is 0. The highest BCUT2D eigenvalue weighted by atomic mass is 16.4. The predicted octanol–water partition coefficient (Wildman–Crippen LogP) is 3.39. The molecule has 4 heteroatoms. The van der Waals surface area contributed by atoms with Gasteiger partial charge < -0.3 is 10.4 Å². The molecule has 2 aromatic rings. The highest BCUT2D eigenvalue weighted by Gasteiger charge is 2.03. The molecule has 3 N–H and O–H groups in total. The molecular formula is C14H14N2O2. The summed E-state index contributed by atoms with van der Waals surface area (Å²) in [4.78, 5) is 10.7. The number of carboxylic acid groups (broad SMARTS) is 1. The van der Waals surface area contributed by atoms with Gasteiger partial charge in [-0.15, -0.1) is 0 Å². The maximum atomic E-state index is 10.7. The lowest BCUT2D eigenvalue weighted by Crippen LogP contribution is -2.10. The fourth-order valence-electron chi connectivity index (χ4n) is 1.65. The van der Waals surface area contributed by atoms with Crippen LogP contribution in [0.1, 0.15) is 5.56 Å². The molecule has 18 heavy (non-hydrogen) atoms. The molecule has 0 unspecified atom stereocenters. The minimum absolute atomic E-state index is 0.556. The third-order valence-electron chi connectivity index (χ3n) is 2.49. The minimum atomic E-state index is -1.07. The van der Waals surface area contributed by atoms with E-state index in [0.717, 1.165) is 11.3 Å². The molecule has 0 fully saturated rings. The van der Waals surface area contributed by atoms with E-state index in [-0.39, 0.29) is 0 Å². The molecule has 0 aliphatic rings. The van der Waals surface area contributed by atoms with Gasteiger partial charge in [0.1, 0.15) is 0 Å². The van der Waals surface area contributed by atoms with Crippen LogP contribution in [0.4, 0.5) is 16.2 Å². The fourth-order valence-corrected chi connectivity index (χ4v) is 1.65. The van der Waals surface area contributed by atoms with Crippen LogP contribution >= 0.6 is 0 Å². The van der Waals surface area contributed by atoms with Gasteiger partial charge >= 0.3 is 6.09 Å². The van der Waals surface area contributed by atoms with Crippen LogP contribution < -0.4 is 10.6 Å². The van der Waals surface area contributed by atoms with Crippen molar-refractivity contribution in [2.75, 3.05) is 10.6 Å². The lowest BCUT2D eigenvalue weighted by Gasteiger charge is -2.11. The van der Waals surface area contributed by atoms with Gasteiger partial charge in [-0.25, -0.2) is 4.79 Å². The van der Waals surface area contributed by atoms with Crippen LogP contribution in [0.3, 0.4) is 0 Å². The van der Waals surface area contributed by atoms with Crippen LogP contribution in [-0.2, 0) is 6.54 Å². The van der Waals surface area contributed by atoms with Crippen LogP contribution in [0.25, 0.3) is 0 Å². The molecular weight excluding hydrogens is 228 g/mol. The van der Waals surface area contributed by atoms with Gasteiger partial charge in [-0.2, -0.15) is 0 Å². The van der Waals surface area contributed by atoms with E-state index in [1.165, 1.54) is 0 Å². The number of nitrogens with one attached hydrogen (secondary N) is 2. The molecule has 92 valence electrons. The minimum Gasteiger partial charge on any atom is -0.465 e. The van der Waals surface area contributed by atoms with Crippen molar-refractivity contribution in [1.29, 1.82) is 0 Å². The molecule has 0 aliphatic heterocycles. The molecule has 0 radical (unpaired) electrons. The summed E-state index contributed by atoms with van der Waals surface area (Å²) in [5.41, 5.74) is 2.47. The summed E-state index contributed by atoms with van der Waals surface area (Å²) in [6.07, 6.45) is -1.07. The van der Waals surface area contributed by atoms with Gasteiger partial charge in [0.15, 0.2) is 0 Å². The number of amides is 1. The van der Waals surface area contributed by atoms with E-state index in [1.807, 2.05) is 42.5 Å². The smallest absolute Gasteiger partial charge is 0.409 e. The SMILES string of the molecule is O=C(O)Nc1ccccc1NCc1ccccc1. The van der Waals surface area contributed by atoms with E-state index in [1.54, 1.807) is 12.1 Å². The maximum absolute atomic E-state index is 10.7. The van der Waals surface area contributed by atoms with Crippen molar-refractivity contribution >= 4 is 17.5 Å². The second-order valence-electron chi connectivity index (χ2n) is 3.81. The molecule has 2 rings (SSSR count). The van der Waals surface area contributed by atoms with Crippen LogP contribution in [0.2, 0.25) is 0 Å². The van der Waals surface area contributed by atoms with Crippen LogP contribution in [-0.4, -0.2) is 11.2 Å². The molecule has 0 aromatic heterocycles. The van der Waals surface area contributed by atoms with E-state index in [2.05, 4.69) is 10.6 Å². The van der Waals surface area contributed by atoms with E-state index < -0.39 is 6.09 Å². The molecule has 0 aliphatic carbocycles. The monoisotopic (exact) mass is 242 g/mol. The molecule has 4 nitrogen and oxygen atoms in total. The van der Waals surface area contributed by atoms with Gasteiger partial charge in [0.2, 0.25) is 0 Å². The van der Waals surface area contributed by atoms with Crippen molar-refractivity contribution in [3.05, 3.63) is 60.2 Å². The molecule has 2 aromatic carbocycles. The Hall–Kier alpha value is -2.49. The Morgan fingerprint density at radius 3 is 2.22 bits per heavy atom. The topological polar surface area (TPSA) is 61.4 Å². The Morgan fingerprint density at radius 1 is 0.944 bits per heavy atom. The number of rotatable bonds is 4. The largest absolute Gasteiger partial charge is 0.465 e. The average Bonchev–Trinajstić information content (AvgIpc) is 2.38. The van der Waals surface area contributed by atoms with Gasteiger partial charge in [-0.05, 0) is 17.7 Å². The van der Waals surface area contributed by atoms with Gasteiger partial charge in [-0.3, -0.25) is 5.32 Å². The Morgan fingerprint density at radius 2 is 1.56 bits per heavy atom. The molecule has 0 atom stereocenters. The van der Waals surface area contributed by atoms with E-state index in [0.29, 0.717) is 12.2 Å². The van der Waals surface area contributed by atoms with Crippen molar-refractivity contribution in [2.45, 2.75) is 6.54 Å².